The van der Waals surface area contributed by atoms with Crippen LogP contribution in [0.25, 0.3) is 22.3 Å². The van der Waals surface area contributed by atoms with Crippen molar-refractivity contribution in [2.24, 2.45) is 7.05 Å². The van der Waals surface area contributed by atoms with Crippen LogP contribution < -0.4 is 5.32 Å². The number of amides is 1. The Kier molecular flexibility index (Phi) is 4.21. The monoisotopic (exact) mass is 361 g/mol. The lowest BCUT2D eigenvalue weighted by atomic mass is 10.1. The second kappa shape index (κ2) is 6.69. The lowest BCUT2D eigenvalue weighted by Crippen LogP contribution is -2.15. The van der Waals surface area contributed by atoms with Gasteiger partial charge in [0.2, 0.25) is 0 Å². The predicted molar refractivity (Wildman–Crippen MR) is 103 cm³/mol. The van der Waals surface area contributed by atoms with Crippen molar-refractivity contribution in [1.29, 1.82) is 0 Å². The molecule has 0 aliphatic rings. The number of rotatable bonds is 4. The number of hydrogen-bond donors (Lipinski definition) is 3. The summed E-state index contributed by atoms with van der Waals surface area (Å²) in [7, 11) is 1.74. The molecule has 0 aliphatic heterocycles. The third kappa shape index (κ3) is 3.32. The van der Waals surface area contributed by atoms with Crippen molar-refractivity contribution in [2.75, 3.05) is 5.32 Å². The summed E-state index contributed by atoms with van der Waals surface area (Å²) >= 11 is 0. The van der Waals surface area contributed by atoms with Gasteiger partial charge in [-0.3, -0.25) is 9.48 Å². The molecule has 0 saturated heterocycles. The highest BCUT2D eigenvalue weighted by Gasteiger charge is 2.15. The predicted octanol–water partition coefficient (Wildman–Crippen LogP) is 3.27. The molecule has 1 unspecified atom stereocenters. The van der Waals surface area contributed by atoms with Crippen molar-refractivity contribution in [2.45, 2.75) is 13.0 Å². The summed E-state index contributed by atoms with van der Waals surface area (Å²) in [6, 6.07) is 16.9. The molecule has 3 N–H and O–H groups in total. The standard InChI is InChI=1S/C20H19N5O2/c1-12(26)19-22-15-9-8-14(10-17(15)23-19)21-20(27)18-11-16(24-25(18)2)13-6-4-3-5-7-13/h3-12,26H,1-2H3,(H,21,27)(H,22,23). The van der Waals surface area contributed by atoms with Crippen molar-refractivity contribution in [1.82, 2.24) is 19.7 Å². The van der Waals surface area contributed by atoms with Gasteiger partial charge >= 0.3 is 0 Å². The summed E-state index contributed by atoms with van der Waals surface area (Å²) in [6.07, 6.45) is -0.679. The van der Waals surface area contributed by atoms with Gasteiger partial charge in [-0.2, -0.15) is 5.10 Å². The Bertz CT molecular complexity index is 1110. The van der Waals surface area contributed by atoms with Crippen molar-refractivity contribution < 1.29 is 9.90 Å². The number of anilines is 1. The molecule has 0 spiro atoms. The van der Waals surface area contributed by atoms with E-state index in [2.05, 4.69) is 20.4 Å². The average Bonchev–Trinajstić information content (AvgIpc) is 3.26. The van der Waals surface area contributed by atoms with Gasteiger partial charge in [0.1, 0.15) is 17.6 Å². The topological polar surface area (TPSA) is 95.8 Å². The van der Waals surface area contributed by atoms with E-state index in [1.54, 1.807) is 42.9 Å². The number of benzene rings is 2. The third-order valence-electron chi connectivity index (χ3n) is 4.34. The molecular formula is C20H19N5O2. The zero-order valence-corrected chi connectivity index (χ0v) is 15.0. The van der Waals surface area contributed by atoms with Crippen molar-refractivity contribution in [3.63, 3.8) is 0 Å². The van der Waals surface area contributed by atoms with Crippen LogP contribution in [-0.4, -0.2) is 30.8 Å². The Morgan fingerprint density at radius 3 is 2.70 bits per heavy atom. The molecule has 7 heteroatoms. The maximum atomic E-state index is 12.7. The number of hydrogen-bond acceptors (Lipinski definition) is 4. The van der Waals surface area contributed by atoms with E-state index in [0.717, 1.165) is 22.3 Å². The smallest absolute Gasteiger partial charge is 0.273 e. The quantitative estimate of drug-likeness (QED) is 0.520. The van der Waals surface area contributed by atoms with Crippen LogP contribution in [0.15, 0.2) is 54.6 Å². The molecule has 1 amide bonds. The SMILES string of the molecule is CC(O)c1nc2ccc(NC(=O)c3cc(-c4ccccc4)nn3C)cc2[nH]1. The van der Waals surface area contributed by atoms with E-state index in [9.17, 15) is 9.90 Å². The zero-order valence-electron chi connectivity index (χ0n) is 15.0. The number of aromatic nitrogens is 4. The fourth-order valence-electron chi connectivity index (χ4n) is 2.93. The molecule has 2 heterocycles. The maximum absolute atomic E-state index is 12.7. The highest BCUT2D eigenvalue weighted by Crippen LogP contribution is 2.22. The van der Waals surface area contributed by atoms with Gasteiger partial charge in [-0.15, -0.1) is 0 Å². The first-order valence-electron chi connectivity index (χ1n) is 8.60. The van der Waals surface area contributed by atoms with E-state index in [-0.39, 0.29) is 5.91 Å². The Balaban J connectivity index is 1.59. The molecule has 0 aliphatic carbocycles. The molecule has 0 radical (unpaired) electrons. The maximum Gasteiger partial charge on any atom is 0.273 e. The molecule has 1 atom stereocenters. The molecule has 2 aromatic heterocycles. The molecular weight excluding hydrogens is 342 g/mol. The highest BCUT2D eigenvalue weighted by molar-refractivity contribution is 6.04. The molecule has 4 rings (SSSR count). The molecule has 7 nitrogen and oxygen atoms in total. The van der Waals surface area contributed by atoms with Crippen LogP contribution in [0.4, 0.5) is 5.69 Å². The first kappa shape index (κ1) is 17.0. The number of carbonyl (C=O) groups excluding carboxylic acids is 1. The molecule has 4 aromatic rings. The zero-order chi connectivity index (χ0) is 19.0. The minimum Gasteiger partial charge on any atom is -0.385 e. The lowest BCUT2D eigenvalue weighted by Gasteiger charge is -2.05. The molecule has 27 heavy (non-hydrogen) atoms. The number of H-pyrrole nitrogens is 1. The average molecular weight is 361 g/mol. The van der Waals surface area contributed by atoms with Crippen LogP contribution in [0.1, 0.15) is 29.3 Å². The lowest BCUT2D eigenvalue weighted by molar-refractivity contribution is 0.101. The minimum atomic E-state index is -0.679. The van der Waals surface area contributed by atoms with Gasteiger partial charge in [0.25, 0.3) is 5.91 Å². The summed E-state index contributed by atoms with van der Waals surface area (Å²) in [5, 5.41) is 17.0. The van der Waals surface area contributed by atoms with Crippen LogP contribution in [0, 0.1) is 0 Å². The van der Waals surface area contributed by atoms with E-state index in [1.807, 2.05) is 30.3 Å². The second-order valence-corrected chi connectivity index (χ2v) is 6.39. The highest BCUT2D eigenvalue weighted by atomic mass is 16.3. The van der Waals surface area contributed by atoms with E-state index < -0.39 is 6.10 Å². The van der Waals surface area contributed by atoms with Crippen molar-refractivity contribution in [3.8, 4) is 11.3 Å². The van der Waals surface area contributed by atoms with E-state index in [0.29, 0.717) is 17.2 Å². The normalized spacial score (nSPS) is 12.3. The first-order chi connectivity index (χ1) is 13.0. The van der Waals surface area contributed by atoms with Gasteiger partial charge in [-0.25, -0.2) is 4.98 Å². The summed E-state index contributed by atoms with van der Waals surface area (Å²) in [6.45, 7) is 1.65. The minimum absolute atomic E-state index is 0.248. The summed E-state index contributed by atoms with van der Waals surface area (Å²) < 4.78 is 1.57. The molecule has 0 saturated carbocycles. The number of aromatic amines is 1. The fraction of sp³-hybridized carbons (Fsp3) is 0.150. The van der Waals surface area contributed by atoms with Gasteiger partial charge < -0.3 is 15.4 Å². The summed E-state index contributed by atoms with van der Waals surface area (Å²) in [5.74, 6) is 0.245. The number of aryl methyl sites for hydroxylation is 1. The van der Waals surface area contributed by atoms with Gasteiger partial charge in [0.05, 0.1) is 16.7 Å². The largest absolute Gasteiger partial charge is 0.385 e. The molecule has 2 aromatic carbocycles. The van der Waals surface area contributed by atoms with E-state index >= 15 is 0 Å². The van der Waals surface area contributed by atoms with Crippen LogP contribution in [0.2, 0.25) is 0 Å². The Morgan fingerprint density at radius 2 is 1.96 bits per heavy atom. The fourth-order valence-corrected chi connectivity index (χ4v) is 2.93. The van der Waals surface area contributed by atoms with Gasteiger partial charge in [0, 0.05) is 18.3 Å². The second-order valence-electron chi connectivity index (χ2n) is 6.39. The first-order valence-corrected chi connectivity index (χ1v) is 8.60. The van der Waals surface area contributed by atoms with Crippen LogP contribution in [-0.2, 0) is 7.05 Å². The van der Waals surface area contributed by atoms with Crippen LogP contribution in [0.3, 0.4) is 0 Å². The number of fused-ring (bicyclic) bond motifs is 1. The third-order valence-corrected chi connectivity index (χ3v) is 4.34. The molecule has 0 fully saturated rings. The van der Waals surface area contributed by atoms with Gasteiger partial charge in [0.15, 0.2) is 0 Å². The number of aliphatic hydroxyl groups is 1. The summed E-state index contributed by atoms with van der Waals surface area (Å²) in [5.41, 5.74) is 4.28. The van der Waals surface area contributed by atoms with Crippen molar-refractivity contribution >= 4 is 22.6 Å². The molecule has 136 valence electrons. The number of aliphatic hydroxyl groups excluding tert-OH is 1. The summed E-state index contributed by atoms with van der Waals surface area (Å²) in [4.78, 5) is 20.1. The number of carbonyl (C=O) groups is 1. The number of nitrogens with zero attached hydrogens (tertiary/aromatic N) is 3. The van der Waals surface area contributed by atoms with Crippen molar-refractivity contribution in [3.05, 3.63) is 66.1 Å². The molecule has 0 bridgehead atoms. The number of nitrogens with one attached hydrogen (secondary N) is 2. The Morgan fingerprint density at radius 1 is 1.19 bits per heavy atom. The van der Waals surface area contributed by atoms with Gasteiger partial charge in [-0.1, -0.05) is 30.3 Å². The Hall–Kier alpha value is -3.45. The van der Waals surface area contributed by atoms with Crippen LogP contribution >= 0.6 is 0 Å². The number of imidazole rings is 1. The Labute approximate surface area is 155 Å². The van der Waals surface area contributed by atoms with Gasteiger partial charge in [-0.05, 0) is 31.2 Å². The van der Waals surface area contributed by atoms with E-state index in [1.165, 1.54) is 0 Å². The van der Waals surface area contributed by atoms with E-state index in [4.69, 9.17) is 0 Å². The van der Waals surface area contributed by atoms with Crippen LogP contribution in [0.5, 0.6) is 0 Å².